The molecule has 0 spiro atoms. The summed E-state index contributed by atoms with van der Waals surface area (Å²) in [6.45, 7) is 0.553. The van der Waals surface area contributed by atoms with Gasteiger partial charge in [0.25, 0.3) is 10.0 Å². The van der Waals surface area contributed by atoms with E-state index in [2.05, 4.69) is 10.0 Å². The second-order valence-corrected chi connectivity index (χ2v) is 9.46. The van der Waals surface area contributed by atoms with Gasteiger partial charge in [0, 0.05) is 18.3 Å². The van der Waals surface area contributed by atoms with E-state index in [9.17, 15) is 13.2 Å². The zero-order chi connectivity index (χ0) is 21.1. The number of anilines is 2. The summed E-state index contributed by atoms with van der Waals surface area (Å²) in [4.78, 5) is 14.6. The van der Waals surface area contributed by atoms with Crippen molar-refractivity contribution in [2.45, 2.75) is 49.5 Å². The van der Waals surface area contributed by atoms with Crippen LogP contribution in [0.2, 0.25) is 0 Å². The molecule has 7 nitrogen and oxygen atoms in total. The number of fused-ring (bicyclic) bond motifs is 1. The molecule has 1 fully saturated rings. The van der Waals surface area contributed by atoms with Gasteiger partial charge >= 0.3 is 6.03 Å². The number of ether oxygens (including phenoxy) is 1. The van der Waals surface area contributed by atoms with Gasteiger partial charge in [-0.25, -0.2) is 13.2 Å². The van der Waals surface area contributed by atoms with Crippen molar-refractivity contribution in [2.24, 2.45) is 0 Å². The van der Waals surface area contributed by atoms with Gasteiger partial charge in [0.05, 0.1) is 17.7 Å². The Balaban J connectivity index is 1.51. The maximum Gasteiger partial charge on any atom is 0.322 e. The first-order valence-corrected chi connectivity index (χ1v) is 11.8. The summed E-state index contributed by atoms with van der Waals surface area (Å²) in [5.41, 5.74) is 2.02. The number of benzene rings is 2. The lowest BCUT2D eigenvalue weighted by atomic mass is 9.96. The average molecular weight is 430 g/mol. The number of hydrogen-bond acceptors (Lipinski definition) is 4. The Labute approximate surface area is 177 Å². The second-order valence-electron chi connectivity index (χ2n) is 7.78. The topological polar surface area (TPSA) is 87.7 Å². The van der Waals surface area contributed by atoms with Crippen molar-refractivity contribution in [1.82, 2.24) is 5.32 Å². The number of carbonyl (C=O) groups excluding carboxylic acids is 1. The lowest BCUT2D eigenvalue weighted by Gasteiger charge is -2.26. The highest BCUT2D eigenvalue weighted by Crippen LogP contribution is 2.32. The van der Waals surface area contributed by atoms with Gasteiger partial charge in [0.15, 0.2) is 0 Å². The summed E-state index contributed by atoms with van der Waals surface area (Å²) in [6, 6.07) is 11.9. The Morgan fingerprint density at radius 1 is 1.10 bits per heavy atom. The predicted molar refractivity (Wildman–Crippen MR) is 117 cm³/mol. The fourth-order valence-electron chi connectivity index (χ4n) is 4.19. The molecule has 1 aliphatic heterocycles. The molecule has 0 saturated heterocycles. The van der Waals surface area contributed by atoms with Crippen LogP contribution in [-0.2, 0) is 16.4 Å². The molecule has 2 aromatic rings. The zero-order valence-electron chi connectivity index (χ0n) is 17.1. The Bertz CT molecular complexity index is 1030. The third-order valence-electron chi connectivity index (χ3n) is 5.79. The minimum atomic E-state index is -3.78. The van der Waals surface area contributed by atoms with Gasteiger partial charge in [-0.1, -0.05) is 31.4 Å². The summed E-state index contributed by atoms with van der Waals surface area (Å²) in [7, 11) is -2.28. The van der Waals surface area contributed by atoms with Gasteiger partial charge in [-0.2, -0.15) is 0 Å². The number of methoxy groups -OCH3 is 1. The van der Waals surface area contributed by atoms with E-state index < -0.39 is 10.0 Å². The maximum absolute atomic E-state index is 12.9. The first kappa shape index (κ1) is 20.5. The third kappa shape index (κ3) is 4.23. The summed E-state index contributed by atoms with van der Waals surface area (Å²) in [6.07, 6.45) is 6.23. The number of sulfonamides is 1. The van der Waals surface area contributed by atoms with Crippen LogP contribution in [0.15, 0.2) is 47.4 Å². The number of rotatable bonds is 5. The number of urea groups is 1. The first-order valence-electron chi connectivity index (χ1n) is 10.3. The van der Waals surface area contributed by atoms with Crippen LogP contribution in [0.25, 0.3) is 0 Å². The van der Waals surface area contributed by atoms with Gasteiger partial charge in [0.2, 0.25) is 0 Å². The van der Waals surface area contributed by atoms with Gasteiger partial charge in [-0.15, -0.1) is 0 Å². The van der Waals surface area contributed by atoms with Crippen LogP contribution in [0.4, 0.5) is 16.2 Å². The molecule has 4 rings (SSSR count). The van der Waals surface area contributed by atoms with E-state index in [-0.39, 0.29) is 17.0 Å². The molecule has 2 amide bonds. The van der Waals surface area contributed by atoms with Crippen LogP contribution in [-0.4, -0.2) is 34.1 Å². The van der Waals surface area contributed by atoms with Gasteiger partial charge in [0.1, 0.15) is 5.75 Å². The standard InChI is InChI=1S/C22H27N3O4S/c1-29-21-10-6-5-9-19(21)24-30(27,28)18-11-12-20-16(15-18)13-14-25(20)22(26)23-17-7-3-2-4-8-17/h5-6,9-12,15,17,24H,2-4,7-8,13-14H2,1H3,(H,23,26). The molecule has 2 aromatic carbocycles. The molecular formula is C22H27N3O4S. The van der Waals surface area contributed by atoms with E-state index in [1.807, 2.05) is 0 Å². The van der Waals surface area contributed by atoms with Crippen molar-refractivity contribution in [3.8, 4) is 5.75 Å². The molecule has 1 saturated carbocycles. The third-order valence-corrected chi connectivity index (χ3v) is 7.15. The van der Waals surface area contributed by atoms with E-state index in [1.54, 1.807) is 47.4 Å². The van der Waals surface area contributed by atoms with Crippen LogP contribution in [0.5, 0.6) is 5.75 Å². The van der Waals surface area contributed by atoms with E-state index in [0.717, 1.165) is 36.9 Å². The minimum absolute atomic E-state index is 0.0941. The molecule has 2 N–H and O–H groups in total. The highest BCUT2D eigenvalue weighted by Gasteiger charge is 2.28. The summed E-state index contributed by atoms with van der Waals surface area (Å²) in [5.74, 6) is 0.452. The van der Waals surface area contributed by atoms with Crippen molar-refractivity contribution >= 4 is 27.4 Å². The SMILES string of the molecule is COc1ccccc1NS(=O)(=O)c1ccc2c(c1)CCN2C(=O)NC1CCCCC1. The van der Waals surface area contributed by atoms with Crippen LogP contribution in [0, 0.1) is 0 Å². The van der Waals surface area contributed by atoms with Gasteiger partial charge < -0.3 is 10.1 Å². The van der Waals surface area contributed by atoms with Gasteiger partial charge in [-0.05, 0) is 55.2 Å². The Hall–Kier alpha value is -2.74. The maximum atomic E-state index is 12.9. The van der Waals surface area contributed by atoms with Crippen molar-refractivity contribution in [1.29, 1.82) is 0 Å². The first-order chi connectivity index (χ1) is 14.5. The van der Waals surface area contributed by atoms with E-state index >= 15 is 0 Å². The number of nitrogens with one attached hydrogen (secondary N) is 2. The largest absolute Gasteiger partial charge is 0.495 e. The van der Waals surface area contributed by atoms with Crippen molar-refractivity contribution < 1.29 is 17.9 Å². The molecule has 1 heterocycles. The monoisotopic (exact) mass is 429 g/mol. The fraction of sp³-hybridized carbons (Fsp3) is 0.409. The van der Waals surface area contributed by atoms with Crippen molar-refractivity contribution in [2.75, 3.05) is 23.3 Å². The van der Waals surface area contributed by atoms with E-state index in [1.165, 1.54) is 13.5 Å². The van der Waals surface area contributed by atoms with Crippen molar-refractivity contribution in [3.05, 3.63) is 48.0 Å². The fourth-order valence-corrected chi connectivity index (χ4v) is 5.31. The molecule has 0 atom stereocenters. The summed E-state index contributed by atoms with van der Waals surface area (Å²) in [5, 5.41) is 3.13. The highest BCUT2D eigenvalue weighted by atomic mass is 32.2. The molecule has 8 heteroatoms. The molecule has 0 unspecified atom stereocenters. The smallest absolute Gasteiger partial charge is 0.322 e. The summed E-state index contributed by atoms with van der Waals surface area (Å²) < 4.78 is 33.6. The Kier molecular flexibility index (Phi) is 5.85. The molecule has 0 aromatic heterocycles. The number of nitrogens with zero attached hydrogens (tertiary/aromatic N) is 1. The molecule has 1 aliphatic carbocycles. The molecular weight excluding hydrogens is 402 g/mol. The van der Waals surface area contributed by atoms with E-state index in [0.29, 0.717) is 24.4 Å². The van der Waals surface area contributed by atoms with Crippen LogP contribution >= 0.6 is 0 Å². The number of hydrogen-bond donors (Lipinski definition) is 2. The normalized spacial score (nSPS) is 16.8. The van der Waals surface area contributed by atoms with Crippen LogP contribution < -0.4 is 19.7 Å². The van der Waals surface area contributed by atoms with E-state index in [4.69, 9.17) is 4.74 Å². The number of amides is 2. The Morgan fingerprint density at radius 3 is 2.63 bits per heavy atom. The van der Waals surface area contributed by atoms with Crippen molar-refractivity contribution in [3.63, 3.8) is 0 Å². The molecule has 2 aliphatic rings. The number of carbonyl (C=O) groups is 1. The average Bonchev–Trinajstić information content (AvgIpc) is 3.18. The van der Waals surface area contributed by atoms with Crippen LogP contribution in [0.3, 0.4) is 0 Å². The molecule has 0 radical (unpaired) electrons. The zero-order valence-corrected chi connectivity index (χ0v) is 17.9. The highest BCUT2D eigenvalue weighted by molar-refractivity contribution is 7.92. The lowest BCUT2D eigenvalue weighted by Crippen LogP contribution is -2.45. The number of para-hydroxylation sites is 2. The second kappa shape index (κ2) is 8.55. The Morgan fingerprint density at radius 2 is 1.87 bits per heavy atom. The molecule has 30 heavy (non-hydrogen) atoms. The van der Waals surface area contributed by atoms with Gasteiger partial charge in [-0.3, -0.25) is 9.62 Å². The molecule has 0 bridgehead atoms. The quantitative estimate of drug-likeness (QED) is 0.755. The minimum Gasteiger partial charge on any atom is -0.495 e. The predicted octanol–water partition coefficient (Wildman–Crippen LogP) is 3.90. The molecule has 160 valence electrons. The lowest BCUT2D eigenvalue weighted by molar-refractivity contribution is 0.238. The summed E-state index contributed by atoms with van der Waals surface area (Å²) >= 11 is 0. The van der Waals surface area contributed by atoms with Crippen LogP contribution in [0.1, 0.15) is 37.7 Å².